The highest BCUT2D eigenvalue weighted by atomic mass is 16.3. The van der Waals surface area contributed by atoms with Crippen molar-refractivity contribution in [2.45, 2.75) is 51.8 Å². The van der Waals surface area contributed by atoms with Crippen LogP contribution < -0.4 is 10.2 Å². The second-order valence-electron chi connectivity index (χ2n) is 6.70. The molecule has 2 unspecified atom stereocenters. The van der Waals surface area contributed by atoms with Gasteiger partial charge in [0.25, 0.3) is 0 Å². The van der Waals surface area contributed by atoms with E-state index in [0.29, 0.717) is 6.54 Å². The SMILES string of the molecule is CC(O)CN(C(=O)NC1CCCN(c2cnn(C)c2)C1)C(C)C. The van der Waals surface area contributed by atoms with Crippen LogP contribution in [0.2, 0.25) is 0 Å². The number of aliphatic hydroxyl groups excluding tert-OH is 1. The second-order valence-corrected chi connectivity index (χ2v) is 6.70. The van der Waals surface area contributed by atoms with E-state index >= 15 is 0 Å². The zero-order valence-electron chi connectivity index (χ0n) is 14.6. The van der Waals surface area contributed by atoms with Gasteiger partial charge in [-0.1, -0.05) is 0 Å². The molecule has 0 spiro atoms. The maximum Gasteiger partial charge on any atom is 0.317 e. The van der Waals surface area contributed by atoms with Crippen molar-refractivity contribution in [1.29, 1.82) is 0 Å². The first kappa shape index (κ1) is 17.6. The molecule has 1 saturated heterocycles. The molecule has 0 radical (unpaired) electrons. The topological polar surface area (TPSA) is 73.6 Å². The third-order valence-electron chi connectivity index (χ3n) is 4.15. The van der Waals surface area contributed by atoms with Crippen molar-refractivity contribution < 1.29 is 9.90 Å². The van der Waals surface area contributed by atoms with Gasteiger partial charge < -0.3 is 20.2 Å². The third kappa shape index (κ3) is 4.86. The Morgan fingerprint density at radius 3 is 2.83 bits per heavy atom. The summed E-state index contributed by atoms with van der Waals surface area (Å²) in [4.78, 5) is 16.5. The lowest BCUT2D eigenvalue weighted by molar-refractivity contribution is 0.117. The minimum Gasteiger partial charge on any atom is -0.392 e. The molecule has 7 nitrogen and oxygen atoms in total. The number of piperidine rings is 1. The molecule has 1 aromatic heterocycles. The van der Waals surface area contributed by atoms with Crippen LogP contribution in [-0.2, 0) is 7.05 Å². The Balaban J connectivity index is 1.94. The number of aryl methyl sites for hydroxylation is 1. The Labute approximate surface area is 138 Å². The normalized spacial score (nSPS) is 19.7. The summed E-state index contributed by atoms with van der Waals surface area (Å²) in [5, 5.41) is 16.9. The van der Waals surface area contributed by atoms with Gasteiger partial charge in [0.1, 0.15) is 0 Å². The minimum absolute atomic E-state index is 0.0580. The number of carbonyl (C=O) groups is 1. The number of amides is 2. The van der Waals surface area contributed by atoms with Gasteiger partial charge in [0, 0.05) is 45.0 Å². The Bertz CT molecular complexity index is 514. The molecule has 130 valence electrons. The number of rotatable bonds is 5. The smallest absolute Gasteiger partial charge is 0.317 e. The van der Waals surface area contributed by atoms with Crippen molar-refractivity contribution >= 4 is 11.7 Å². The first-order valence-electron chi connectivity index (χ1n) is 8.35. The van der Waals surface area contributed by atoms with Crippen molar-refractivity contribution in [3.8, 4) is 0 Å². The summed E-state index contributed by atoms with van der Waals surface area (Å²) in [6.07, 6.45) is 5.35. The highest BCUT2D eigenvalue weighted by Crippen LogP contribution is 2.19. The van der Waals surface area contributed by atoms with Gasteiger partial charge in [-0.2, -0.15) is 5.10 Å². The average molecular weight is 323 g/mol. The highest BCUT2D eigenvalue weighted by Gasteiger charge is 2.25. The minimum atomic E-state index is -0.526. The Morgan fingerprint density at radius 2 is 2.26 bits per heavy atom. The van der Waals surface area contributed by atoms with Crippen LogP contribution in [0.15, 0.2) is 12.4 Å². The lowest BCUT2D eigenvalue weighted by Gasteiger charge is -2.36. The monoisotopic (exact) mass is 323 g/mol. The summed E-state index contributed by atoms with van der Waals surface area (Å²) in [6, 6.07) is 0.0771. The summed E-state index contributed by atoms with van der Waals surface area (Å²) < 4.78 is 1.79. The predicted molar refractivity (Wildman–Crippen MR) is 90.5 cm³/mol. The molecule has 0 saturated carbocycles. The predicted octanol–water partition coefficient (Wildman–Crippen LogP) is 1.19. The molecule has 1 aliphatic rings. The molecular formula is C16H29N5O2. The molecule has 1 fully saturated rings. The van der Waals surface area contributed by atoms with E-state index in [0.717, 1.165) is 31.6 Å². The summed E-state index contributed by atoms with van der Waals surface area (Å²) in [5.41, 5.74) is 1.09. The molecule has 1 aliphatic heterocycles. The number of aromatic nitrogens is 2. The van der Waals surface area contributed by atoms with Crippen molar-refractivity contribution in [3.63, 3.8) is 0 Å². The number of urea groups is 1. The number of hydrogen-bond donors (Lipinski definition) is 2. The molecule has 7 heteroatoms. The molecule has 0 aliphatic carbocycles. The van der Waals surface area contributed by atoms with E-state index in [1.807, 2.05) is 33.3 Å². The Kier molecular flexibility index (Phi) is 5.87. The number of carbonyl (C=O) groups excluding carboxylic acids is 1. The van der Waals surface area contributed by atoms with Crippen LogP contribution in [0.1, 0.15) is 33.6 Å². The van der Waals surface area contributed by atoms with E-state index in [9.17, 15) is 9.90 Å². The fraction of sp³-hybridized carbons (Fsp3) is 0.750. The molecule has 0 bridgehead atoms. The van der Waals surface area contributed by atoms with E-state index in [4.69, 9.17) is 0 Å². The van der Waals surface area contributed by atoms with E-state index in [1.165, 1.54) is 0 Å². The fourth-order valence-corrected chi connectivity index (χ4v) is 2.97. The maximum atomic E-state index is 12.5. The lowest BCUT2D eigenvalue weighted by Crippen LogP contribution is -2.54. The number of aliphatic hydroxyl groups is 1. The maximum absolute atomic E-state index is 12.5. The quantitative estimate of drug-likeness (QED) is 0.854. The highest BCUT2D eigenvalue weighted by molar-refractivity contribution is 5.75. The molecule has 2 heterocycles. The molecule has 2 atom stereocenters. The van der Waals surface area contributed by atoms with E-state index in [1.54, 1.807) is 16.5 Å². The summed E-state index contributed by atoms with van der Waals surface area (Å²) >= 11 is 0. The first-order chi connectivity index (χ1) is 10.9. The van der Waals surface area contributed by atoms with Gasteiger partial charge in [-0.25, -0.2) is 4.79 Å². The number of nitrogens with zero attached hydrogens (tertiary/aromatic N) is 4. The average Bonchev–Trinajstić information content (AvgIpc) is 2.91. The Hall–Kier alpha value is -1.76. The molecule has 2 amide bonds. The molecule has 2 rings (SSSR count). The van der Waals surface area contributed by atoms with Crippen molar-refractivity contribution in [2.75, 3.05) is 24.5 Å². The van der Waals surface area contributed by atoms with Gasteiger partial charge >= 0.3 is 6.03 Å². The zero-order valence-corrected chi connectivity index (χ0v) is 14.6. The van der Waals surface area contributed by atoms with Crippen LogP contribution in [0, 0.1) is 0 Å². The largest absolute Gasteiger partial charge is 0.392 e. The van der Waals surface area contributed by atoms with Gasteiger partial charge in [-0.15, -0.1) is 0 Å². The van der Waals surface area contributed by atoms with Crippen LogP contribution in [-0.4, -0.2) is 63.6 Å². The molecule has 2 N–H and O–H groups in total. The van der Waals surface area contributed by atoms with Crippen LogP contribution in [0.25, 0.3) is 0 Å². The number of nitrogens with one attached hydrogen (secondary N) is 1. The van der Waals surface area contributed by atoms with E-state index in [2.05, 4.69) is 15.3 Å². The van der Waals surface area contributed by atoms with Gasteiger partial charge in [0.2, 0.25) is 0 Å². The number of hydrogen-bond acceptors (Lipinski definition) is 4. The molecule has 1 aromatic rings. The first-order valence-corrected chi connectivity index (χ1v) is 8.35. The van der Waals surface area contributed by atoms with Gasteiger partial charge in [-0.3, -0.25) is 4.68 Å². The van der Waals surface area contributed by atoms with Crippen molar-refractivity contribution in [2.24, 2.45) is 7.05 Å². The Morgan fingerprint density at radius 1 is 1.52 bits per heavy atom. The summed E-state index contributed by atoms with van der Waals surface area (Å²) in [5.74, 6) is 0. The number of anilines is 1. The van der Waals surface area contributed by atoms with Crippen LogP contribution in [0.4, 0.5) is 10.5 Å². The summed E-state index contributed by atoms with van der Waals surface area (Å²) in [6.45, 7) is 7.75. The van der Waals surface area contributed by atoms with Crippen LogP contribution >= 0.6 is 0 Å². The second kappa shape index (κ2) is 7.68. The fourth-order valence-electron chi connectivity index (χ4n) is 2.97. The summed E-state index contributed by atoms with van der Waals surface area (Å²) in [7, 11) is 1.91. The van der Waals surface area contributed by atoms with Gasteiger partial charge in [0.15, 0.2) is 0 Å². The van der Waals surface area contributed by atoms with Crippen LogP contribution in [0.5, 0.6) is 0 Å². The zero-order chi connectivity index (χ0) is 17.0. The van der Waals surface area contributed by atoms with Gasteiger partial charge in [-0.05, 0) is 33.6 Å². The van der Waals surface area contributed by atoms with Crippen LogP contribution in [0.3, 0.4) is 0 Å². The molecular weight excluding hydrogens is 294 g/mol. The van der Waals surface area contributed by atoms with Crippen molar-refractivity contribution in [1.82, 2.24) is 20.0 Å². The standard InChI is InChI=1S/C16H29N5O2/c1-12(2)21(9-13(3)22)16(23)18-14-6-5-7-20(10-14)15-8-17-19(4)11-15/h8,11-14,22H,5-7,9-10H2,1-4H3,(H,18,23). The molecule has 23 heavy (non-hydrogen) atoms. The van der Waals surface area contributed by atoms with E-state index < -0.39 is 6.10 Å². The van der Waals surface area contributed by atoms with E-state index in [-0.39, 0.29) is 18.1 Å². The van der Waals surface area contributed by atoms with Crippen molar-refractivity contribution in [3.05, 3.63) is 12.4 Å². The van der Waals surface area contributed by atoms with Gasteiger partial charge in [0.05, 0.1) is 18.0 Å². The third-order valence-corrected chi connectivity index (χ3v) is 4.15. The molecule has 0 aromatic carbocycles. The lowest BCUT2D eigenvalue weighted by atomic mass is 10.1.